The predicted molar refractivity (Wildman–Crippen MR) is 110 cm³/mol. The standard InChI is InChI=1S/C20H20N4O2S2/c25-17(14-5-2-1-3-6-14)12-21-19(26)13-28-20-23-22-18(24(20)15-8-9-15)11-16-7-4-10-27-16/h1-7,10,15H,8-9,11-13H2,(H,21,26). The molecule has 0 atom stereocenters. The minimum Gasteiger partial charge on any atom is -0.348 e. The number of Topliss-reactive ketones (excluding diaryl/α,β-unsaturated/α-hetero) is 1. The molecule has 1 aliphatic carbocycles. The minimum absolute atomic E-state index is 0.00233. The van der Waals surface area contributed by atoms with Gasteiger partial charge in [-0.15, -0.1) is 21.5 Å². The van der Waals surface area contributed by atoms with Gasteiger partial charge in [-0.05, 0) is 24.3 Å². The summed E-state index contributed by atoms with van der Waals surface area (Å²) in [6, 6.07) is 13.5. The van der Waals surface area contributed by atoms with E-state index in [1.807, 2.05) is 24.3 Å². The van der Waals surface area contributed by atoms with E-state index in [1.165, 1.54) is 16.6 Å². The largest absolute Gasteiger partial charge is 0.348 e. The molecule has 4 rings (SSSR count). The van der Waals surface area contributed by atoms with Crippen molar-refractivity contribution in [2.75, 3.05) is 12.3 Å². The van der Waals surface area contributed by atoms with Gasteiger partial charge in [0.15, 0.2) is 10.9 Å². The number of carbonyl (C=O) groups is 2. The summed E-state index contributed by atoms with van der Waals surface area (Å²) in [4.78, 5) is 25.5. The molecule has 3 aromatic rings. The van der Waals surface area contributed by atoms with Gasteiger partial charge >= 0.3 is 0 Å². The number of thiophene rings is 1. The summed E-state index contributed by atoms with van der Waals surface area (Å²) in [5, 5.41) is 14.2. The highest BCUT2D eigenvalue weighted by atomic mass is 32.2. The number of rotatable bonds is 9. The van der Waals surface area contributed by atoms with E-state index >= 15 is 0 Å². The number of carbonyl (C=O) groups excluding carboxylic acids is 2. The van der Waals surface area contributed by atoms with E-state index in [0.29, 0.717) is 11.6 Å². The molecule has 0 spiro atoms. The first-order valence-electron chi connectivity index (χ1n) is 9.14. The second kappa shape index (κ2) is 8.70. The molecular formula is C20H20N4O2S2. The Kier molecular flexibility index (Phi) is 5.87. The number of benzene rings is 1. The van der Waals surface area contributed by atoms with Gasteiger partial charge in [0.05, 0.1) is 12.3 Å². The van der Waals surface area contributed by atoms with Crippen LogP contribution in [0.2, 0.25) is 0 Å². The lowest BCUT2D eigenvalue weighted by molar-refractivity contribution is -0.118. The number of nitrogens with one attached hydrogen (secondary N) is 1. The van der Waals surface area contributed by atoms with Gasteiger partial charge in [0.2, 0.25) is 5.91 Å². The molecule has 1 aliphatic rings. The van der Waals surface area contributed by atoms with Gasteiger partial charge in [-0.3, -0.25) is 9.59 Å². The Morgan fingerprint density at radius 1 is 1.14 bits per heavy atom. The van der Waals surface area contributed by atoms with Crippen molar-refractivity contribution in [1.29, 1.82) is 0 Å². The minimum atomic E-state index is -0.181. The molecule has 8 heteroatoms. The molecule has 0 saturated heterocycles. The zero-order valence-electron chi connectivity index (χ0n) is 15.2. The molecule has 2 aromatic heterocycles. The van der Waals surface area contributed by atoms with E-state index in [1.54, 1.807) is 23.5 Å². The fourth-order valence-corrected chi connectivity index (χ4v) is 4.44. The zero-order valence-corrected chi connectivity index (χ0v) is 16.8. The van der Waals surface area contributed by atoms with Crippen LogP contribution in [-0.4, -0.2) is 38.8 Å². The Labute approximate surface area is 171 Å². The summed E-state index contributed by atoms with van der Waals surface area (Å²) >= 11 is 3.08. The van der Waals surface area contributed by atoms with E-state index in [0.717, 1.165) is 30.2 Å². The second-order valence-electron chi connectivity index (χ2n) is 6.61. The normalized spacial score (nSPS) is 13.4. The molecule has 0 bridgehead atoms. The van der Waals surface area contributed by atoms with Crippen molar-refractivity contribution in [1.82, 2.24) is 20.1 Å². The van der Waals surface area contributed by atoms with E-state index in [-0.39, 0.29) is 24.0 Å². The van der Waals surface area contributed by atoms with Gasteiger partial charge in [-0.1, -0.05) is 48.2 Å². The number of amides is 1. The van der Waals surface area contributed by atoms with Gasteiger partial charge in [-0.25, -0.2) is 0 Å². The van der Waals surface area contributed by atoms with Gasteiger partial charge in [0, 0.05) is 22.9 Å². The third-order valence-electron chi connectivity index (χ3n) is 4.43. The van der Waals surface area contributed by atoms with Crippen LogP contribution in [0.25, 0.3) is 0 Å². The van der Waals surface area contributed by atoms with Gasteiger partial charge in [-0.2, -0.15) is 0 Å². The topological polar surface area (TPSA) is 76.9 Å². The maximum atomic E-state index is 12.2. The van der Waals surface area contributed by atoms with Crippen molar-refractivity contribution in [3.8, 4) is 0 Å². The number of nitrogens with zero attached hydrogens (tertiary/aromatic N) is 3. The number of thioether (sulfide) groups is 1. The van der Waals surface area contributed by atoms with E-state index in [4.69, 9.17) is 0 Å². The molecule has 1 aromatic carbocycles. The highest BCUT2D eigenvalue weighted by Gasteiger charge is 2.30. The molecule has 0 radical (unpaired) electrons. The molecule has 1 amide bonds. The molecule has 0 unspecified atom stereocenters. The van der Waals surface area contributed by atoms with Gasteiger partial charge in [0.1, 0.15) is 5.82 Å². The quantitative estimate of drug-likeness (QED) is 0.431. The SMILES string of the molecule is O=C(CSc1nnc(Cc2cccs2)n1C1CC1)NCC(=O)c1ccccc1. The van der Waals surface area contributed by atoms with Crippen molar-refractivity contribution in [2.24, 2.45) is 0 Å². The monoisotopic (exact) mass is 412 g/mol. The van der Waals surface area contributed by atoms with E-state index in [9.17, 15) is 9.59 Å². The predicted octanol–water partition coefficient (Wildman–Crippen LogP) is 3.36. The van der Waals surface area contributed by atoms with Crippen LogP contribution in [0.15, 0.2) is 53.0 Å². The summed E-state index contributed by atoms with van der Waals surface area (Å²) in [5.41, 5.74) is 0.599. The number of ketones is 1. The molecule has 1 N–H and O–H groups in total. The highest BCUT2D eigenvalue weighted by Crippen LogP contribution is 2.39. The van der Waals surface area contributed by atoms with Crippen molar-refractivity contribution >= 4 is 34.8 Å². The fourth-order valence-electron chi connectivity index (χ4n) is 2.88. The highest BCUT2D eigenvalue weighted by molar-refractivity contribution is 7.99. The second-order valence-corrected chi connectivity index (χ2v) is 8.59. The van der Waals surface area contributed by atoms with Crippen molar-refractivity contribution in [3.05, 3.63) is 64.1 Å². The summed E-state index contributed by atoms with van der Waals surface area (Å²) in [6.07, 6.45) is 3.02. The molecule has 144 valence electrons. The Balaban J connectivity index is 1.32. The molecule has 6 nitrogen and oxygen atoms in total. The average Bonchev–Trinajstić information content (AvgIpc) is 3.27. The lowest BCUT2D eigenvalue weighted by Gasteiger charge is -2.08. The van der Waals surface area contributed by atoms with Crippen LogP contribution in [0.4, 0.5) is 0 Å². The van der Waals surface area contributed by atoms with Crippen LogP contribution in [-0.2, 0) is 11.2 Å². The van der Waals surface area contributed by atoms with Crippen LogP contribution >= 0.6 is 23.1 Å². The summed E-state index contributed by atoms with van der Waals surface area (Å²) in [7, 11) is 0. The number of aromatic nitrogens is 3. The third-order valence-corrected chi connectivity index (χ3v) is 6.25. The lowest BCUT2D eigenvalue weighted by Crippen LogP contribution is -2.31. The van der Waals surface area contributed by atoms with Crippen molar-refractivity contribution in [3.63, 3.8) is 0 Å². The first-order chi connectivity index (χ1) is 13.7. The summed E-state index contributed by atoms with van der Waals surface area (Å²) in [6.45, 7) is 0.00233. The Morgan fingerprint density at radius 3 is 2.68 bits per heavy atom. The molecular weight excluding hydrogens is 392 g/mol. The third kappa shape index (κ3) is 4.69. The van der Waals surface area contributed by atoms with E-state index in [2.05, 4.69) is 31.5 Å². The van der Waals surface area contributed by atoms with Crippen molar-refractivity contribution < 1.29 is 9.59 Å². The maximum Gasteiger partial charge on any atom is 0.230 e. The first kappa shape index (κ1) is 18.9. The number of hydrogen-bond donors (Lipinski definition) is 1. The molecule has 2 heterocycles. The van der Waals surface area contributed by atoms with Crippen LogP contribution in [0.1, 0.15) is 39.9 Å². The lowest BCUT2D eigenvalue weighted by atomic mass is 10.1. The average molecular weight is 413 g/mol. The zero-order chi connectivity index (χ0) is 19.3. The van der Waals surface area contributed by atoms with Crippen LogP contribution < -0.4 is 5.32 Å². The van der Waals surface area contributed by atoms with Crippen LogP contribution in [0, 0.1) is 0 Å². The number of hydrogen-bond acceptors (Lipinski definition) is 6. The van der Waals surface area contributed by atoms with Gasteiger partial charge in [0.25, 0.3) is 0 Å². The van der Waals surface area contributed by atoms with Crippen LogP contribution in [0.3, 0.4) is 0 Å². The molecule has 28 heavy (non-hydrogen) atoms. The maximum absolute atomic E-state index is 12.2. The van der Waals surface area contributed by atoms with Crippen molar-refractivity contribution in [2.45, 2.75) is 30.5 Å². The fraction of sp³-hybridized carbons (Fsp3) is 0.300. The van der Waals surface area contributed by atoms with Crippen LogP contribution in [0.5, 0.6) is 0 Å². The molecule has 1 fully saturated rings. The summed E-state index contributed by atoms with van der Waals surface area (Å²) in [5.74, 6) is 0.885. The molecule has 1 saturated carbocycles. The Bertz CT molecular complexity index is 950. The smallest absolute Gasteiger partial charge is 0.230 e. The first-order valence-corrected chi connectivity index (χ1v) is 11.0. The van der Waals surface area contributed by atoms with Gasteiger partial charge < -0.3 is 9.88 Å². The van der Waals surface area contributed by atoms with E-state index < -0.39 is 0 Å². The summed E-state index contributed by atoms with van der Waals surface area (Å²) < 4.78 is 2.17. The Hall–Kier alpha value is -2.45. The molecule has 0 aliphatic heterocycles. The Morgan fingerprint density at radius 2 is 1.96 bits per heavy atom.